The number of hydrogen-bond donors (Lipinski definition) is 0. The molecule has 0 fully saturated rings. The third kappa shape index (κ3) is 2.41. The molecule has 0 spiro atoms. The topological polar surface area (TPSA) is 50.8 Å². The summed E-state index contributed by atoms with van der Waals surface area (Å²) < 4.78 is 0. The number of nitriles is 2. The van der Waals surface area contributed by atoms with Gasteiger partial charge in [0.2, 0.25) is 0 Å². The van der Waals surface area contributed by atoms with Gasteiger partial charge in [0, 0.05) is 12.7 Å². The first-order chi connectivity index (χ1) is 9.17. The molecule has 0 aliphatic rings. The quantitative estimate of drug-likeness (QED) is 0.816. The van der Waals surface area contributed by atoms with Crippen LogP contribution in [0, 0.1) is 29.6 Å². The summed E-state index contributed by atoms with van der Waals surface area (Å²) in [5, 5.41) is 18.2. The fraction of sp³-hybridized carbons (Fsp3) is 0.125. The smallest absolute Gasteiger partial charge is 0.101 e. The molecule has 2 rings (SSSR count). The number of rotatable bonds is 2. The van der Waals surface area contributed by atoms with Gasteiger partial charge in [-0.25, -0.2) is 0 Å². The molecule has 0 N–H and O–H groups in total. The van der Waals surface area contributed by atoms with Crippen LogP contribution in [-0.2, 0) is 0 Å². The number of nitrogens with zero attached hydrogens (tertiary/aromatic N) is 3. The van der Waals surface area contributed by atoms with Gasteiger partial charge in [0.25, 0.3) is 0 Å². The Morgan fingerprint density at radius 2 is 1.74 bits per heavy atom. The Labute approximate surface area is 112 Å². The summed E-state index contributed by atoms with van der Waals surface area (Å²) in [4.78, 5) is 1.94. The van der Waals surface area contributed by atoms with E-state index < -0.39 is 0 Å². The van der Waals surface area contributed by atoms with E-state index in [1.165, 1.54) is 0 Å². The maximum absolute atomic E-state index is 9.21. The molecular weight excluding hydrogens is 234 g/mol. The first kappa shape index (κ1) is 12.7. The zero-order valence-corrected chi connectivity index (χ0v) is 10.9. The molecule has 0 bridgehead atoms. The Kier molecular flexibility index (Phi) is 3.50. The molecule has 2 aromatic rings. The molecule has 0 atom stereocenters. The van der Waals surface area contributed by atoms with Crippen molar-refractivity contribution in [1.29, 1.82) is 10.5 Å². The molecule has 0 radical (unpaired) electrons. The van der Waals surface area contributed by atoms with Crippen molar-refractivity contribution in [1.82, 2.24) is 0 Å². The molecule has 3 heteroatoms. The average molecular weight is 247 g/mol. The maximum Gasteiger partial charge on any atom is 0.101 e. The minimum Gasteiger partial charge on any atom is -0.343 e. The fourth-order valence-corrected chi connectivity index (χ4v) is 2.11. The van der Waals surface area contributed by atoms with E-state index in [2.05, 4.69) is 12.1 Å². The van der Waals surface area contributed by atoms with Crippen LogP contribution in [-0.4, -0.2) is 7.05 Å². The predicted octanol–water partition coefficient (Wildman–Crippen LogP) is 3.51. The first-order valence-corrected chi connectivity index (χ1v) is 5.91. The molecule has 0 heterocycles. The van der Waals surface area contributed by atoms with E-state index in [-0.39, 0.29) is 0 Å². The monoisotopic (exact) mass is 247 g/mol. The van der Waals surface area contributed by atoms with Gasteiger partial charge in [0.1, 0.15) is 6.07 Å². The maximum atomic E-state index is 9.21. The number of para-hydroxylation sites is 1. The molecule has 3 nitrogen and oxygen atoms in total. The summed E-state index contributed by atoms with van der Waals surface area (Å²) in [5.41, 5.74) is 4.04. The predicted molar refractivity (Wildman–Crippen MR) is 75.1 cm³/mol. The molecule has 2 aromatic carbocycles. The van der Waals surface area contributed by atoms with Gasteiger partial charge in [-0.15, -0.1) is 0 Å². The lowest BCUT2D eigenvalue weighted by Crippen LogP contribution is -2.12. The zero-order valence-electron chi connectivity index (χ0n) is 10.9. The first-order valence-electron chi connectivity index (χ1n) is 5.91. The van der Waals surface area contributed by atoms with Crippen LogP contribution < -0.4 is 4.90 Å². The van der Waals surface area contributed by atoms with Crippen LogP contribution in [0.15, 0.2) is 42.5 Å². The second kappa shape index (κ2) is 5.25. The van der Waals surface area contributed by atoms with Crippen molar-refractivity contribution in [2.24, 2.45) is 0 Å². The van der Waals surface area contributed by atoms with Crippen molar-refractivity contribution < 1.29 is 0 Å². The minimum absolute atomic E-state index is 0.608. The lowest BCUT2D eigenvalue weighted by Gasteiger charge is -2.22. The number of anilines is 2. The van der Waals surface area contributed by atoms with Crippen molar-refractivity contribution in [2.75, 3.05) is 11.9 Å². The second-order valence-corrected chi connectivity index (χ2v) is 4.30. The molecule has 0 amide bonds. The largest absolute Gasteiger partial charge is 0.343 e. The summed E-state index contributed by atoms with van der Waals surface area (Å²) in [6, 6.07) is 17.3. The normalized spacial score (nSPS) is 9.47. The van der Waals surface area contributed by atoms with Crippen LogP contribution in [0.3, 0.4) is 0 Å². The van der Waals surface area contributed by atoms with Gasteiger partial charge < -0.3 is 4.90 Å². The molecule has 92 valence electrons. The van der Waals surface area contributed by atoms with Gasteiger partial charge in [0.15, 0.2) is 0 Å². The highest BCUT2D eigenvalue weighted by Crippen LogP contribution is 2.30. The highest BCUT2D eigenvalue weighted by Gasteiger charge is 2.12. The van der Waals surface area contributed by atoms with Crippen molar-refractivity contribution in [3.05, 3.63) is 59.2 Å². The molecule has 0 aliphatic heterocycles. The number of hydrogen-bond acceptors (Lipinski definition) is 3. The Hall–Kier alpha value is -2.78. The zero-order chi connectivity index (χ0) is 13.8. The number of aryl methyl sites for hydroxylation is 1. The third-order valence-electron chi connectivity index (χ3n) is 3.06. The summed E-state index contributed by atoms with van der Waals surface area (Å²) in [6.45, 7) is 1.97. The molecule has 0 aliphatic carbocycles. The van der Waals surface area contributed by atoms with Crippen molar-refractivity contribution in [2.45, 2.75) is 6.92 Å². The van der Waals surface area contributed by atoms with Crippen LogP contribution in [0.2, 0.25) is 0 Å². The SMILES string of the molecule is Cc1cccc(C#N)c1N(C)c1cccc(C#N)c1. The third-order valence-corrected chi connectivity index (χ3v) is 3.06. The fourth-order valence-electron chi connectivity index (χ4n) is 2.11. The van der Waals surface area contributed by atoms with Gasteiger partial charge in [-0.05, 0) is 36.8 Å². The van der Waals surface area contributed by atoms with E-state index in [9.17, 15) is 5.26 Å². The van der Waals surface area contributed by atoms with Gasteiger partial charge >= 0.3 is 0 Å². The molecule has 0 saturated heterocycles. The molecule has 0 saturated carbocycles. The molecule has 19 heavy (non-hydrogen) atoms. The second-order valence-electron chi connectivity index (χ2n) is 4.30. The van der Waals surface area contributed by atoms with E-state index in [0.29, 0.717) is 11.1 Å². The van der Waals surface area contributed by atoms with Gasteiger partial charge in [-0.3, -0.25) is 0 Å². The van der Waals surface area contributed by atoms with Crippen molar-refractivity contribution in [3.63, 3.8) is 0 Å². The molecule has 0 unspecified atom stereocenters. The Bertz CT molecular complexity index is 690. The van der Waals surface area contributed by atoms with Crippen LogP contribution in [0.4, 0.5) is 11.4 Å². The molecule has 0 aromatic heterocycles. The van der Waals surface area contributed by atoms with Crippen molar-refractivity contribution >= 4 is 11.4 Å². The van der Waals surface area contributed by atoms with E-state index in [4.69, 9.17) is 5.26 Å². The Morgan fingerprint density at radius 3 is 2.42 bits per heavy atom. The van der Waals surface area contributed by atoms with E-state index in [1.807, 2.05) is 49.2 Å². The lowest BCUT2D eigenvalue weighted by atomic mass is 10.1. The number of benzene rings is 2. The van der Waals surface area contributed by atoms with Gasteiger partial charge in [0.05, 0.1) is 22.9 Å². The minimum atomic E-state index is 0.608. The van der Waals surface area contributed by atoms with E-state index in [1.54, 1.807) is 12.1 Å². The Morgan fingerprint density at radius 1 is 1.00 bits per heavy atom. The summed E-state index contributed by atoms with van der Waals surface area (Å²) >= 11 is 0. The highest BCUT2D eigenvalue weighted by molar-refractivity contribution is 5.72. The summed E-state index contributed by atoms with van der Waals surface area (Å²) in [5.74, 6) is 0. The van der Waals surface area contributed by atoms with Crippen molar-refractivity contribution in [3.8, 4) is 12.1 Å². The average Bonchev–Trinajstić information content (AvgIpc) is 2.46. The Balaban J connectivity index is 2.54. The van der Waals surface area contributed by atoms with E-state index >= 15 is 0 Å². The van der Waals surface area contributed by atoms with Crippen LogP contribution in [0.25, 0.3) is 0 Å². The summed E-state index contributed by atoms with van der Waals surface area (Å²) in [7, 11) is 1.90. The van der Waals surface area contributed by atoms with Gasteiger partial charge in [-0.2, -0.15) is 10.5 Å². The van der Waals surface area contributed by atoms with Crippen LogP contribution in [0.5, 0.6) is 0 Å². The highest BCUT2D eigenvalue weighted by atomic mass is 15.1. The lowest BCUT2D eigenvalue weighted by molar-refractivity contribution is 1.17. The molecular formula is C16H13N3. The van der Waals surface area contributed by atoms with Crippen LogP contribution in [0.1, 0.15) is 16.7 Å². The van der Waals surface area contributed by atoms with Crippen LogP contribution >= 0.6 is 0 Å². The van der Waals surface area contributed by atoms with E-state index in [0.717, 1.165) is 16.9 Å². The summed E-state index contributed by atoms with van der Waals surface area (Å²) in [6.07, 6.45) is 0. The standard InChI is InChI=1S/C16H13N3/c1-12-5-3-7-14(11-18)16(12)19(2)15-8-4-6-13(9-15)10-17/h3-9H,1-2H3. The van der Waals surface area contributed by atoms with Gasteiger partial charge in [-0.1, -0.05) is 18.2 Å².